The number of fused-ring (bicyclic) bond motifs is 1. The van der Waals surface area contributed by atoms with Crippen molar-refractivity contribution in [2.45, 2.75) is 44.2 Å². The zero-order valence-corrected chi connectivity index (χ0v) is 17.4. The van der Waals surface area contributed by atoms with Gasteiger partial charge in [-0.05, 0) is 62.4 Å². The SMILES string of the molecule is Cc1ccn2cc(C(=O)NC34CC(NC(=O)COc5ccc(C)c(F)c5)(C3)C4)nc2c1. The number of halogens is 1. The highest BCUT2D eigenvalue weighted by Crippen LogP contribution is 2.60. The van der Waals surface area contributed by atoms with Crippen LogP contribution in [0.3, 0.4) is 0 Å². The van der Waals surface area contributed by atoms with Gasteiger partial charge in [0.05, 0.1) is 0 Å². The molecule has 3 saturated carbocycles. The number of carbonyl (C=O) groups is 2. The molecule has 6 rings (SSSR count). The second kappa shape index (κ2) is 6.80. The van der Waals surface area contributed by atoms with Gasteiger partial charge in [-0.2, -0.15) is 0 Å². The Morgan fingerprint density at radius 2 is 1.87 bits per heavy atom. The Labute approximate surface area is 178 Å². The normalized spacial score (nSPS) is 23.6. The molecule has 0 spiro atoms. The van der Waals surface area contributed by atoms with Crippen LogP contribution in [0.4, 0.5) is 4.39 Å². The van der Waals surface area contributed by atoms with Gasteiger partial charge >= 0.3 is 0 Å². The Balaban J connectivity index is 1.12. The Bertz CT molecular complexity index is 1200. The molecule has 2 N–H and O–H groups in total. The smallest absolute Gasteiger partial charge is 0.271 e. The van der Waals surface area contributed by atoms with E-state index >= 15 is 0 Å². The third-order valence-corrected chi connectivity index (χ3v) is 6.18. The van der Waals surface area contributed by atoms with Gasteiger partial charge in [0.2, 0.25) is 0 Å². The van der Waals surface area contributed by atoms with Gasteiger partial charge in [-0.1, -0.05) is 6.07 Å². The van der Waals surface area contributed by atoms with Crippen molar-refractivity contribution >= 4 is 17.5 Å². The lowest BCUT2D eigenvalue weighted by atomic mass is 9.44. The first-order valence-electron chi connectivity index (χ1n) is 10.2. The van der Waals surface area contributed by atoms with Crippen molar-refractivity contribution in [2.24, 2.45) is 0 Å². The van der Waals surface area contributed by atoms with Gasteiger partial charge in [0.25, 0.3) is 11.8 Å². The molecule has 31 heavy (non-hydrogen) atoms. The topological polar surface area (TPSA) is 84.7 Å². The number of imidazole rings is 1. The van der Waals surface area contributed by atoms with Crippen molar-refractivity contribution in [2.75, 3.05) is 6.61 Å². The van der Waals surface area contributed by atoms with Gasteiger partial charge in [-0.15, -0.1) is 0 Å². The van der Waals surface area contributed by atoms with Gasteiger partial charge < -0.3 is 19.8 Å². The van der Waals surface area contributed by atoms with Gasteiger partial charge in [0, 0.05) is 29.5 Å². The summed E-state index contributed by atoms with van der Waals surface area (Å²) in [6.07, 6.45) is 5.65. The van der Waals surface area contributed by atoms with Crippen LogP contribution in [0, 0.1) is 19.7 Å². The minimum absolute atomic E-state index is 0.176. The highest BCUT2D eigenvalue weighted by atomic mass is 19.1. The van der Waals surface area contributed by atoms with Crippen LogP contribution in [0.5, 0.6) is 5.75 Å². The Morgan fingerprint density at radius 1 is 1.13 bits per heavy atom. The molecule has 2 aromatic heterocycles. The van der Waals surface area contributed by atoms with Crippen molar-refractivity contribution < 1.29 is 18.7 Å². The van der Waals surface area contributed by atoms with Crippen LogP contribution in [0.15, 0.2) is 42.7 Å². The van der Waals surface area contributed by atoms with Crippen molar-refractivity contribution in [1.82, 2.24) is 20.0 Å². The molecule has 2 bridgehead atoms. The summed E-state index contributed by atoms with van der Waals surface area (Å²) >= 11 is 0. The number of aromatic nitrogens is 2. The third kappa shape index (κ3) is 3.52. The first-order chi connectivity index (χ1) is 14.7. The van der Waals surface area contributed by atoms with Crippen LogP contribution in [0.2, 0.25) is 0 Å². The quantitative estimate of drug-likeness (QED) is 0.640. The van der Waals surface area contributed by atoms with Crippen molar-refractivity contribution in [3.63, 3.8) is 0 Å². The number of pyridine rings is 1. The number of rotatable bonds is 6. The number of nitrogens with one attached hydrogen (secondary N) is 2. The molecule has 3 aromatic rings. The van der Waals surface area contributed by atoms with Crippen LogP contribution in [0.1, 0.15) is 40.9 Å². The third-order valence-electron chi connectivity index (χ3n) is 6.18. The second-order valence-electron chi connectivity index (χ2n) is 8.89. The molecule has 3 aliphatic rings. The highest BCUT2D eigenvalue weighted by molar-refractivity contribution is 5.94. The monoisotopic (exact) mass is 422 g/mol. The molecule has 2 heterocycles. The van der Waals surface area contributed by atoms with E-state index in [9.17, 15) is 14.0 Å². The Kier molecular flexibility index (Phi) is 4.28. The summed E-state index contributed by atoms with van der Waals surface area (Å²) in [5, 5.41) is 6.07. The van der Waals surface area contributed by atoms with E-state index in [0.29, 0.717) is 36.3 Å². The van der Waals surface area contributed by atoms with Gasteiger partial charge in [-0.25, -0.2) is 9.37 Å². The summed E-state index contributed by atoms with van der Waals surface area (Å²) in [7, 11) is 0. The van der Waals surface area contributed by atoms with Crippen LogP contribution in [0.25, 0.3) is 5.65 Å². The fourth-order valence-electron chi connectivity index (χ4n) is 4.70. The lowest BCUT2D eigenvalue weighted by molar-refractivity contribution is -0.141. The summed E-state index contributed by atoms with van der Waals surface area (Å²) in [6, 6.07) is 8.41. The average molecular weight is 422 g/mol. The van der Waals surface area contributed by atoms with E-state index in [1.54, 1.807) is 25.3 Å². The van der Waals surface area contributed by atoms with Crippen LogP contribution < -0.4 is 15.4 Å². The molecule has 0 saturated heterocycles. The van der Waals surface area contributed by atoms with Crippen molar-refractivity contribution in [3.05, 3.63) is 65.4 Å². The Morgan fingerprint density at radius 3 is 2.61 bits per heavy atom. The first-order valence-corrected chi connectivity index (χ1v) is 10.2. The van der Waals surface area contributed by atoms with E-state index in [1.807, 2.05) is 29.7 Å². The molecule has 8 heteroatoms. The molecule has 0 radical (unpaired) electrons. The summed E-state index contributed by atoms with van der Waals surface area (Å²) in [5.41, 5.74) is 2.15. The zero-order valence-electron chi connectivity index (χ0n) is 17.4. The van der Waals surface area contributed by atoms with E-state index < -0.39 is 0 Å². The van der Waals surface area contributed by atoms with Gasteiger partial charge in [0.15, 0.2) is 6.61 Å². The molecular weight excluding hydrogens is 399 g/mol. The number of benzene rings is 1. The number of aryl methyl sites for hydroxylation is 2. The lowest BCUT2D eigenvalue weighted by Crippen LogP contribution is -2.84. The number of hydrogen-bond donors (Lipinski definition) is 2. The fraction of sp³-hybridized carbons (Fsp3) is 0.348. The van der Waals surface area contributed by atoms with Gasteiger partial charge in [-0.3, -0.25) is 9.59 Å². The molecular formula is C23H23FN4O3. The molecule has 3 aliphatic carbocycles. The highest BCUT2D eigenvalue weighted by Gasteiger charge is 2.69. The number of amides is 2. The first kappa shape index (κ1) is 19.5. The molecule has 0 aliphatic heterocycles. The lowest BCUT2D eigenvalue weighted by Gasteiger charge is -2.70. The van der Waals surface area contributed by atoms with E-state index in [1.165, 1.54) is 6.07 Å². The van der Waals surface area contributed by atoms with E-state index in [-0.39, 0.29) is 35.3 Å². The number of carbonyl (C=O) groups excluding carboxylic acids is 2. The maximum atomic E-state index is 13.6. The molecule has 160 valence electrons. The second-order valence-corrected chi connectivity index (χ2v) is 8.89. The van der Waals surface area contributed by atoms with E-state index in [0.717, 1.165) is 11.2 Å². The largest absolute Gasteiger partial charge is 0.484 e. The maximum Gasteiger partial charge on any atom is 0.271 e. The fourth-order valence-corrected chi connectivity index (χ4v) is 4.70. The number of hydrogen-bond acceptors (Lipinski definition) is 4. The Hall–Kier alpha value is -3.42. The summed E-state index contributed by atoms with van der Waals surface area (Å²) < 4.78 is 20.8. The molecule has 2 amide bonds. The molecule has 0 atom stereocenters. The minimum Gasteiger partial charge on any atom is -0.484 e. The summed E-state index contributed by atoms with van der Waals surface area (Å²) in [5.74, 6) is -0.500. The average Bonchev–Trinajstić information content (AvgIpc) is 3.09. The van der Waals surface area contributed by atoms with Gasteiger partial charge in [0.1, 0.15) is 22.9 Å². The predicted molar refractivity (Wildman–Crippen MR) is 111 cm³/mol. The molecule has 1 aromatic carbocycles. The van der Waals surface area contributed by atoms with Crippen molar-refractivity contribution in [3.8, 4) is 5.75 Å². The van der Waals surface area contributed by atoms with Crippen LogP contribution in [-0.2, 0) is 4.79 Å². The number of ether oxygens (including phenoxy) is 1. The molecule has 0 unspecified atom stereocenters. The summed E-state index contributed by atoms with van der Waals surface area (Å²) in [4.78, 5) is 29.3. The predicted octanol–water partition coefficient (Wildman–Crippen LogP) is 2.69. The van der Waals surface area contributed by atoms with E-state index in [4.69, 9.17) is 4.74 Å². The summed E-state index contributed by atoms with van der Waals surface area (Å²) in [6.45, 7) is 3.47. The zero-order chi connectivity index (χ0) is 21.8. The van der Waals surface area contributed by atoms with Crippen LogP contribution in [-0.4, -0.2) is 38.9 Å². The maximum absolute atomic E-state index is 13.6. The van der Waals surface area contributed by atoms with Crippen molar-refractivity contribution in [1.29, 1.82) is 0 Å². The standard InChI is InChI=1S/C23H23FN4O3/c1-14-5-6-28-9-18(25-19(28)7-14)21(30)27-23-11-22(12-23,13-23)26-20(29)10-31-16-4-3-15(2)17(24)8-16/h3-9H,10-13H2,1-2H3,(H,26,29)(H,27,30). The van der Waals surface area contributed by atoms with Crippen LogP contribution >= 0.6 is 0 Å². The minimum atomic E-state index is -0.365. The molecule has 7 nitrogen and oxygen atoms in total. The molecule has 3 fully saturated rings. The number of nitrogens with zero attached hydrogens (tertiary/aromatic N) is 2. The van der Waals surface area contributed by atoms with E-state index in [2.05, 4.69) is 15.6 Å².